The van der Waals surface area contributed by atoms with Crippen LogP contribution in [0.5, 0.6) is 0 Å². The van der Waals surface area contributed by atoms with Crippen LogP contribution in [0.15, 0.2) is 32.9 Å². The number of nitrogens with one attached hydrogen (secondary N) is 1. The Balaban J connectivity index is 2.28. The lowest BCUT2D eigenvalue weighted by molar-refractivity contribution is 0.285. The van der Waals surface area contributed by atoms with E-state index in [0.29, 0.717) is 10.6 Å². The third-order valence-corrected chi connectivity index (χ3v) is 6.07. The molecule has 2 aromatic rings. The van der Waals surface area contributed by atoms with Gasteiger partial charge in [-0.05, 0) is 47.1 Å². The van der Waals surface area contributed by atoms with Gasteiger partial charge >= 0.3 is 0 Å². The third kappa shape index (κ3) is 3.33. The number of aliphatic hydroxyl groups is 1. The molecule has 0 bridgehead atoms. The van der Waals surface area contributed by atoms with Gasteiger partial charge in [-0.2, -0.15) is 0 Å². The Labute approximate surface area is 123 Å². The van der Waals surface area contributed by atoms with Crippen molar-refractivity contribution in [1.29, 1.82) is 0 Å². The van der Waals surface area contributed by atoms with E-state index in [-0.39, 0.29) is 16.6 Å². The fourth-order valence-electron chi connectivity index (χ4n) is 1.38. The molecule has 0 aliphatic heterocycles. The smallest absolute Gasteiger partial charge is 0.272 e. The van der Waals surface area contributed by atoms with Gasteiger partial charge < -0.3 is 5.11 Å². The largest absolute Gasteiger partial charge is 0.391 e. The zero-order valence-electron chi connectivity index (χ0n) is 9.92. The maximum Gasteiger partial charge on any atom is 0.272 e. The van der Waals surface area contributed by atoms with E-state index in [1.54, 1.807) is 25.1 Å². The highest BCUT2D eigenvalue weighted by Crippen LogP contribution is 2.24. The maximum absolute atomic E-state index is 12.1. The number of aliphatic hydroxyl groups excluding tert-OH is 1. The Bertz CT molecular complexity index is 698. The molecule has 2 heterocycles. The molecular formula is C11H11BrN2O3S2. The molecule has 0 radical (unpaired) electrons. The molecule has 0 fully saturated rings. The predicted octanol–water partition coefficient (Wildman–Crippen LogP) is 2.51. The number of halogens is 1. The molecule has 0 saturated carbocycles. The van der Waals surface area contributed by atoms with E-state index in [0.717, 1.165) is 15.8 Å². The molecule has 0 unspecified atom stereocenters. The van der Waals surface area contributed by atoms with Crippen molar-refractivity contribution in [2.45, 2.75) is 17.7 Å². The standard InChI is InChI=1S/C11H11BrN2O3S2/c1-7-9(12)3-4-10(13-7)14-19(16,17)11-5-2-8(6-15)18-11/h2-5,15H,6H2,1H3,(H,13,14). The van der Waals surface area contributed by atoms with Crippen LogP contribution in [0.2, 0.25) is 0 Å². The normalized spacial score (nSPS) is 11.5. The summed E-state index contributed by atoms with van der Waals surface area (Å²) >= 11 is 4.33. The van der Waals surface area contributed by atoms with Crippen LogP contribution < -0.4 is 4.72 Å². The molecule has 2 rings (SSSR count). The second-order valence-corrected chi connectivity index (χ2v) is 7.68. The van der Waals surface area contributed by atoms with Crippen LogP contribution in [0.4, 0.5) is 5.82 Å². The minimum Gasteiger partial charge on any atom is -0.391 e. The number of aryl methyl sites for hydroxylation is 1. The number of sulfonamides is 1. The highest BCUT2D eigenvalue weighted by Gasteiger charge is 2.17. The van der Waals surface area contributed by atoms with Crippen molar-refractivity contribution >= 4 is 43.1 Å². The van der Waals surface area contributed by atoms with Gasteiger partial charge in [-0.25, -0.2) is 13.4 Å². The molecule has 0 saturated heterocycles. The Morgan fingerprint density at radius 1 is 1.37 bits per heavy atom. The van der Waals surface area contributed by atoms with E-state index in [1.165, 1.54) is 6.07 Å². The monoisotopic (exact) mass is 362 g/mol. The van der Waals surface area contributed by atoms with Gasteiger partial charge in [0.05, 0.1) is 12.3 Å². The van der Waals surface area contributed by atoms with Crippen molar-refractivity contribution in [3.05, 3.63) is 39.3 Å². The lowest BCUT2D eigenvalue weighted by Gasteiger charge is -2.06. The first kappa shape index (κ1) is 14.4. The minimum absolute atomic E-state index is 0.152. The van der Waals surface area contributed by atoms with Gasteiger partial charge in [0.25, 0.3) is 10.0 Å². The van der Waals surface area contributed by atoms with Gasteiger partial charge in [-0.15, -0.1) is 11.3 Å². The second-order valence-electron chi connectivity index (χ2n) is 3.75. The summed E-state index contributed by atoms with van der Waals surface area (Å²) in [6.07, 6.45) is 0. The molecule has 0 aromatic carbocycles. The van der Waals surface area contributed by atoms with Gasteiger partial charge in [0, 0.05) is 9.35 Å². The van der Waals surface area contributed by atoms with Crippen molar-refractivity contribution in [2.75, 3.05) is 4.72 Å². The third-order valence-electron chi connectivity index (χ3n) is 2.32. The molecule has 0 atom stereocenters. The molecule has 0 amide bonds. The van der Waals surface area contributed by atoms with Crippen LogP contribution in [-0.4, -0.2) is 18.5 Å². The summed E-state index contributed by atoms with van der Waals surface area (Å²) in [6, 6.07) is 6.35. The Hall–Kier alpha value is -0.960. The van der Waals surface area contributed by atoms with Crippen molar-refractivity contribution in [1.82, 2.24) is 4.98 Å². The molecule has 0 spiro atoms. The number of hydrogen-bond donors (Lipinski definition) is 2. The molecule has 19 heavy (non-hydrogen) atoms. The number of thiophene rings is 1. The van der Waals surface area contributed by atoms with Gasteiger partial charge in [-0.3, -0.25) is 4.72 Å². The van der Waals surface area contributed by atoms with Crippen LogP contribution in [0.1, 0.15) is 10.6 Å². The summed E-state index contributed by atoms with van der Waals surface area (Å²) in [5, 5.41) is 8.95. The van der Waals surface area contributed by atoms with Gasteiger partial charge in [0.1, 0.15) is 10.0 Å². The number of hydrogen-bond acceptors (Lipinski definition) is 5. The van der Waals surface area contributed by atoms with Gasteiger partial charge in [0.15, 0.2) is 0 Å². The number of anilines is 1. The predicted molar refractivity (Wildman–Crippen MR) is 77.7 cm³/mol. The van der Waals surface area contributed by atoms with Crippen LogP contribution in [-0.2, 0) is 16.6 Å². The van der Waals surface area contributed by atoms with Crippen LogP contribution >= 0.6 is 27.3 Å². The van der Waals surface area contributed by atoms with Crippen LogP contribution in [0, 0.1) is 6.92 Å². The number of aromatic nitrogens is 1. The molecule has 2 aromatic heterocycles. The quantitative estimate of drug-likeness (QED) is 0.875. The average Bonchev–Trinajstić information content (AvgIpc) is 2.83. The summed E-state index contributed by atoms with van der Waals surface area (Å²) in [5.74, 6) is 0.264. The topological polar surface area (TPSA) is 79.3 Å². The summed E-state index contributed by atoms with van der Waals surface area (Å²) in [6.45, 7) is 1.60. The van der Waals surface area contributed by atoms with Crippen molar-refractivity contribution in [3.8, 4) is 0 Å². The molecule has 0 aliphatic rings. The number of nitrogens with zero attached hydrogens (tertiary/aromatic N) is 1. The summed E-state index contributed by atoms with van der Waals surface area (Å²) in [5.41, 5.74) is 0.697. The summed E-state index contributed by atoms with van der Waals surface area (Å²) < 4.78 is 27.6. The molecule has 102 valence electrons. The fourth-order valence-corrected chi connectivity index (χ4v) is 3.81. The van der Waals surface area contributed by atoms with E-state index < -0.39 is 10.0 Å². The summed E-state index contributed by atoms with van der Waals surface area (Å²) in [7, 11) is -3.65. The maximum atomic E-state index is 12.1. The van der Waals surface area contributed by atoms with Gasteiger partial charge in [0.2, 0.25) is 0 Å². The van der Waals surface area contributed by atoms with Crippen molar-refractivity contribution in [2.24, 2.45) is 0 Å². The minimum atomic E-state index is -3.65. The first-order valence-electron chi connectivity index (χ1n) is 5.28. The molecule has 0 aliphatic carbocycles. The summed E-state index contributed by atoms with van der Waals surface area (Å²) in [4.78, 5) is 4.73. The Morgan fingerprint density at radius 2 is 2.11 bits per heavy atom. The highest BCUT2D eigenvalue weighted by atomic mass is 79.9. The van der Waals surface area contributed by atoms with Crippen molar-refractivity contribution in [3.63, 3.8) is 0 Å². The van der Waals surface area contributed by atoms with E-state index >= 15 is 0 Å². The lowest BCUT2D eigenvalue weighted by atomic mass is 10.4. The van der Waals surface area contributed by atoms with E-state index in [2.05, 4.69) is 25.6 Å². The SMILES string of the molecule is Cc1nc(NS(=O)(=O)c2ccc(CO)s2)ccc1Br. The molecule has 5 nitrogen and oxygen atoms in total. The second kappa shape index (κ2) is 5.58. The van der Waals surface area contributed by atoms with Crippen molar-refractivity contribution < 1.29 is 13.5 Å². The van der Waals surface area contributed by atoms with E-state index in [4.69, 9.17) is 5.11 Å². The zero-order valence-corrected chi connectivity index (χ0v) is 13.1. The average molecular weight is 363 g/mol. The molecule has 2 N–H and O–H groups in total. The fraction of sp³-hybridized carbons (Fsp3) is 0.182. The molecular weight excluding hydrogens is 352 g/mol. The Morgan fingerprint density at radius 3 is 2.68 bits per heavy atom. The first-order chi connectivity index (χ1) is 8.92. The molecule has 8 heteroatoms. The zero-order chi connectivity index (χ0) is 14.0. The van der Waals surface area contributed by atoms with Crippen LogP contribution in [0.25, 0.3) is 0 Å². The lowest BCUT2D eigenvalue weighted by Crippen LogP contribution is -2.12. The highest BCUT2D eigenvalue weighted by molar-refractivity contribution is 9.10. The first-order valence-corrected chi connectivity index (χ1v) is 8.37. The number of pyridine rings is 1. The Kier molecular flexibility index (Phi) is 4.24. The van der Waals surface area contributed by atoms with Gasteiger partial charge in [-0.1, -0.05) is 0 Å². The van der Waals surface area contributed by atoms with E-state index in [1.807, 2.05) is 0 Å². The number of rotatable bonds is 4. The van der Waals surface area contributed by atoms with Crippen LogP contribution in [0.3, 0.4) is 0 Å². The van der Waals surface area contributed by atoms with E-state index in [9.17, 15) is 8.42 Å².